The summed E-state index contributed by atoms with van der Waals surface area (Å²) >= 11 is 1.65. The molecule has 1 amide bonds. The number of aryl methyl sites for hydroxylation is 1. The van der Waals surface area contributed by atoms with Crippen LogP contribution in [-0.4, -0.2) is 26.1 Å². The zero-order valence-electron chi connectivity index (χ0n) is 15.0. The van der Waals surface area contributed by atoms with Gasteiger partial charge >= 0.3 is 0 Å². The van der Waals surface area contributed by atoms with Gasteiger partial charge in [0.15, 0.2) is 0 Å². The summed E-state index contributed by atoms with van der Waals surface area (Å²) in [6.45, 7) is 6.17. The number of rotatable bonds is 4. The first-order valence-electron chi connectivity index (χ1n) is 8.50. The second kappa shape index (κ2) is 7.32. The van der Waals surface area contributed by atoms with Crippen molar-refractivity contribution in [3.8, 4) is 0 Å². The van der Waals surface area contributed by atoms with Crippen molar-refractivity contribution in [1.82, 2.24) is 0 Å². The monoisotopic (exact) mass is 390 g/mol. The second-order valence-corrected chi connectivity index (χ2v) is 9.51. The van der Waals surface area contributed by atoms with Crippen molar-refractivity contribution in [3.05, 3.63) is 48.0 Å². The van der Waals surface area contributed by atoms with Gasteiger partial charge in [0.25, 0.3) is 10.0 Å². The Morgan fingerprint density at radius 1 is 1.23 bits per heavy atom. The Hall–Kier alpha value is -1.99. The Kier molecular flexibility index (Phi) is 5.29. The molecular formula is C19H22N2O3S2. The smallest absolute Gasteiger partial charge is 0.261 e. The summed E-state index contributed by atoms with van der Waals surface area (Å²) in [7, 11) is -3.73. The molecule has 1 atom stereocenters. The minimum absolute atomic E-state index is 0.0870. The number of hydrogen-bond acceptors (Lipinski definition) is 4. The number of sulfonamides is 1. The van der Waals surface area contributed by atoms with Crippen LogP contribution in [0, 0.1) is 0 Å². The lowest BCUT2D eigenvalue weighted by Gasteiger charge is -2.32. The van der Waals surface area contributed by atoms with E-state index in [1.807, 2.05) is 19.1 Å². The number of carbonyl (C=O) groups is 1. The van der Waals surface area contributed by atoms with Crippen LogP contribution < -0.4 is 9.62 Å². The highest BCUT2D eigenvalue weighted by Gasteiger charge is 2.27. The molecule has 0 fully saturated rings. The van der Waals surface area contributed by atoms with Crippen LogP contribution in [0.2, 0.25) is 0 Å². The molecule has 0 saturated carbocycles. The normalized spacial score (nSPS) is 16.9. The van der Waals surface area contributed by atoms with Crippen LogP contribution in [-0.2, 0) is 21.2 Å². The van der Waals surface area contributed by atoms with E-state index in [1.165, 1.54) is 6.92 Å². The summed E-state index contributed by atoms with van der Waals surface area (Å²) in [5.41, 5.74) is 2.32. The minimum Gasteiger partial charge on any atom is -0.310 e. The van der Waals surface area contributed by atoms with Crippen LogP contribution in [0.15, 0.2) is 52.3 Å². The van der Waals surface area contributed by atoms with Crippen LogP contribution in [0.5, 0.6) is 0 Å². The van der Waals surface area contributed by atoms with Crippen molar-refractivity contribution in [2.24, 2.45) is 0 Å². The lowest BCUT2D eigenvalue weighted by Crippen LogP contribution is -2.37. The summed E-state index contributed by atoms with van der Waals surface area (Å²) in [4.78, 5) is 14.7. The largest absolute Gasteiger partial charge is 0.310 e. The van der Waals surface area contributed by atoms with Crippen molar-refractivity contribution in [2.75, 3.05) is 16.2 Å². The van der Waals surface area contributed by atoms with Crippen LogP contribution in [0.1, 0.15) is 26.3 Å². The lowest BCUT2D eigenvalue weighted by atomic mass is 10.2. The Labute approximate surface area is 158 Å². The Bertz CT molecular complexity index is 924. The average Bonchev–Trinajstić information content (AvgIpc) is 2.60. The van der Waals surface area contributed by atoms with Gasteiger partial charge in [-0.2, -0.15) is 0 Å². The molecule has 1 aliphatic heterocycles. The fourth-order valence-electron chi connectivity index (χ4n) is 2.91. The Morgan fingerprint density at radius 3 is 2.54 bits per heavy atom. The van der Waals surface area contributed by atoms with Crippen LogP contribution >= 0.6 is 11.8 Å². The van der Waals surface area contributed by atoms with Crippen molar-refractivity contribution in [2.45, 2.75) is 42.2 Å². The van der Waals surface area contributed by atoms with Crippen LogP contribution in [0.4, 0.5) is 11.4 Å². The lowest BCUT2D eigenvalue weighted by molar-refractivity contribution is -0.116. The molecule has 2 aromatic rings. The third kappa shape index (κ3) is 3.88. The van der Waals surface area contributed by atoms with E-state index in [9.17, 15) is 13.2 Å². The summed E-state index contributed by atoms with van der Waals surface area (Å²) in [6, 6.07) is 12.3. The molecule has 0 saturated heterocycles. The van der Waals surface area contributed by atoms with Gasteiger partial charge in [-0.1, -0.05) is 26.0 Å². The third-order valence-corrected chi connectivity index (χ3v) is 6.82. The molecule has 26 heavy (non-hydrogen) atoms. The third-order valence-electron chi connectivity index (χ3n) is 4.29. The topological polar surface area (TPSA) is 66.5 Å². The van der Waals surface area contributed by atoms with Gasteiger partial charge in [0.1, 0.15) is 0 Å². The highest BCUT2D eigenvalue weighted by molar-refractivity contribution is 8.00. The number of thioether (sulfide) groups is 1. The molecule has 0 spiro atoms. The fourth-order valence-corrected chi connectivity index (χ4v) is 5.08. The molecule has 0 unspecified atom stereocenters. The number of anilines is 2. The number of nitrogens with zero attached hydrogens (tertiary/aromatic N) is 1. The molecule has 0 aromatic heterocycles. The maximum absolute atomic E-state index is 12.8. The van der Waals surface area contributed by atoms with Crippen molar-refractivity contribution in [3.63, 3.8) is 0 Å². The average molecular weight is 391 g/mol. The zero-order chi connectivity index (χ0) is 18.9. The molecule has 0 aliphatic carbocycles. The Morgan fingerprint density at radius 2 is 1.92 bits per heavy atom. The van der Waals surface area contributed by atoms with E-state index in [4.69, 9.17) is 0 Å². The number of nitrogens with one attached hydrogen (secondary N) is 1. The molecule has 138 valence electrons. The van der Waals surface area contributed by atoms with Crippen molar-refractivity contribution >= 4 is 39.1 Å². The number of benzene rings is 2. The van der Waals surface area contributed by atoms with E-state index in [1.54, 1.807) is 47.0 Å². The molecule has 3 rings (SSSR count). The molecular weight excluding hydrogens is 368 g/mol. The van der Waals surface area contributed by atoms with E-state index in [2.05, 4.69) is 11.6 Å². The molecule has 0 bridgehead atoms. The minimum atomic E-state index is -3.73. The summed E-state index contributed by atoms with van der Waals surface area (Å²) in [5, 5.41) is 0.268. The number of carbonyl (C=O) groups excluding carboxylic acids is 1. The predicted octanol–water partition coefficient (Wildman–Crippen LogP) is 3.90. The number of amides is 1. The van der Waals surface area contributed by atoms with E-state index < -0.39 is 10.0 Å². The second-order valence-electron chi connectivity index (χ2n) is 6.34. The van der Waals surface area contributed by atoms with Crippen molar-refractivity contribution < 1.29 is 13.2 Å². The molecule has 0 radical (unpaired) electrons. The summed E-state index contributed by atoms with van der Waals surface area (Å²) in [6.07, 6.45) is 0.898. The van der Waals surface area contributed by atoms with E-state index in [0.717, 1.165) is 16.9 Å². The molecule has 1 heterocycles. The fraction of sp³-hybridized carbons (Fsp3) is 0.316. The maximum atomic E-state index is 12.8. The molecule has 1 N–H and O–H groups in total. The standard InChI is InChI=1S/C19H22N2O3S2/c1-4-15-5-7-16(8-6-15)20-26(23,24)17-9-10-19-18(11-17)21(14(3)22)12-13(2)25-19/h5-11,13,20H,4,12H2,1-3H3/t13-/m0/s1. The van der Waals surface area contributed by atoms with Gasteiger partial charge in [0, 0.05) is 29.3 Å². The quantitative estimate of drug-likeness (QED) is 0.860. The highest BCUT2D eigenvalue weighted by atomic mass is 32.2. The first-order chi connectivity index (χ1) is 12.3. The van der Waals surface area contributed by atoms with Crippen LogP contribution in [0.3, 0.4) is 0 Å². The van der Waals surface area contributed by atoms with Crippen LogP contribution in [0.25, 0.3) is 0 Å². The highest BCUT2D eigenvalue weighted by Crippen LogP contribution is 2.39. The van der Waals surface area contributed by atoms with E-state index in [0.29, 0.717) is 17.9 Å². The first-order valence-corrected chi connectivity index (χ1v) is 10.9. The summed E-state index contributed by atoms with van der Waals surface area (Å²) in [5.74, 6) is -0.0870. The predicted molar refractivity (Wildman–Crippen MR) is 106 cm³/mol. The number of hydrogen-bond donors (Lipinski definition) is 1. The maximum Gasteiger partial charge on any atom is 0.261 e. The van der Waals surface area contributed by atoms with Gasteiger partial charge in [-0.15, -0.1) is 11.8 Å². The van der Waals surface area contributed by atoms with Gasteiger partial charge in [0.05, 0.1) is 10.6 Å². The van der Waals surface area contributed by atoms with Gasteiger partial charge in [-0.3, -0.25) is 9.52 Å². The zero-order valence-corrected chi connectivity index (χ0v) is 16.7. The van der Waals surface area contributed by atoms with E-state index >= 15 is 0 Å². The molecule has 2 aromatic carbocycles. The van der Waals surface area contributed by atoms with Gasteiger partial charge in [0.2, 0.25) is 5.91 Å². The number of fused-ring (bicyclic) bond motifs is 1. The van der Waals surface area contributed by atoms with E-state index in [-0.39, 0.29) is 16.1 Å². The first kappa shape index (κ1) is 18.8. The molecule has 5 nitrogen and oxygen atoms in total. The Balaban J connectivity index is 1.93. The van der Waals surface area contributed by atoms with Crippen molar-refractivity contribution in [1.29, 1.82) is 0 Å². The van der Waals surface area contributed by atoms with Gasteiger partial charge in [-0.25, -0.2) is 8.42 Å². The van der Waals surface area contributed by atoms with Gasteiger partial charge in [-0.05, 0) is 42.3 Å². The summed E-state index contributed by atoms with van der Waals surface area (Å²) < 4.78 is 28.1. The molecule has 7 heteroatoms. The van der Waals surface area contributed by atoms with Gasteiger partial charge < -0.3 is 4.90 Å². The molecule has 1 aliphatic rings. The SMILES string of the molecule is CCc1ccc(NS(=O)(=O)c2ccc3c(c2)N(C(C)=O)C[C@H](C)S3)cc1.